The maximum absolute atomic E-state index is 8.12. The highest BCUT2D eigenvalue weighted by molar-refractivity contribution is 7.73. The highest BCUT2D eigenvalue weighted by Crippen LogP contribution is 2.33. The summed E-state index contributed by atoms with van der Waals surface area (Å²) in [6.45, 7) is 0.670. The van der Waals surface area contributed by atoms with Crippen molar-refractivity contribution in [3.8, 4) is 0 Å². The summed E-state index contributed by atoms with van der Waals surface area (Å²) in [7, 11) is -0.441. The predicted molar refractivity (Wildman–Crippen MR) is 105 cm³/mol. The first-order valence-electron chi connectivity index (χ1n) is 8.04. The van der Waals surface area contributed by atoms with Gasteiger partial charge in [-0.1, -0.05) is 96.8 Å². The van der Waals surface area contributed by atoms with Gasteiger partial charge in [-0.3, -0.25) is 0 Å². The van der Waals surface area contributed by atoms with Gasteiger partial charge in [-0.2, -0.15) is 0 Å². The van der Waals surface area contributed by atoms with Crippen LogP contribution in [-0.2, 0) is 0 Å². The summed E-state index contributed by atoms with van der Waals surface area (Å²) >= 11 is 0. The molecule has 2 nitrogen and oxygen atoms in total. The van der Waals surface area contributed by atoms with E-state index in [0.29, 0.717) is 12.4 Å². The fourth-order valence-corrected chi connectivity index (χ4v) is 4.75. The van der Waals surface area contributed by atoms with Crippen molar-refractivity contribution in [1.82, 2.24) is 0 Å². The van der Waals surface area contributed by atoms with E-state index in [0.717, 1.165) is 11.7 Å². The molecule has 0 saturated heterocycles. The van der Waals surface area contributed by atoms with Gasteiger partial charge in [-0.05, 0) is 36.8 Å². The molecular weight excluding hydrogens is 311 g/mol. The predicted octanol–water partition coefficient (Wildman–Crippen LogP) is 4.52. The molecule has 0 aliphatic heterocycles. The van der Waals surface area contributed by atoms with E-state index in [1.54, 1.807) is 0 Å². The van der Waals surface area contributed by atoms with Gasteiger partial charge in [0.1, 0.15) is 0 Å². The molecule has 120 valence electrons. The first-order valence-corrected chi connectivity index (χ1v) is 9.56. The Morgan fingerprint density at radius 1 is 0.708 bits per heavy atom. The largest absolute Gasteiger partial charge is 0.482 e. The molecule has 0 aromatic heterocycles. The van der Waals surface area contributed by atoms with Crippen LogP contribution in [-0.4, -0.2) is 18.5 Å². The maximum Gasteiger partial charge on any atom is -0.0195 e. The second-order valence-electron chi connectivity index (χ2n) is 5.42. The Labute approximate surface area is 144 Å². The van der Waals surface area contributed by atoms with Crippen molar-refractivity contribution >= 4 is 24.4 Å². The molecule has 0 fully saturated rings. The lowest BCUT2D eigenvalue weighted by molar-refractivity contribution is 1.30. The summed E-state index contributed by atoms with van der Waals surface area (Å²) in [4.78, 5) is 0. The average molecular weight is 331 g/mol. The van der Waals surface area contributed by atoms with Gasteiger partial charge in [-0.25, -0.2) is 0 Å². The number of hydrogen-bond acceptors (Lipinski definition) is 1. The monoisotopic (exact) mass is 331 g/mol. The molecule has 0 aliphatic carbocycles. The zero-order valence-electron chi connectivity index (χ0n) is 13.5. The van der Waals surface area contributed by atoms with E-state index in [4.69, 9.17) is 5.41 Å². The number of hydrogen-bond donors (Lipinski definition) is 1. The topological polar surface area (TPSA) is 38.0 Å². The van der Waals surface area contributed by atoms with Crippen LogP contribution in [0.5, 0.6) is 0 Å². The van der Waals surface area contributed by atoms with Crippen LogP contribution in [0.2, 0.25) is 0 Å². The zero-order valence-corrected chi connectivity index (χ0v) is 14.4. The van der Waals surface area contributed by atoms with E-state index in [1.807, 2.05) is 30.3 Å². The Morgan fingerprint density at radius 2 is 1.17 bits per heavy atom. The fourth-order valence-electron chi connectivity index (χ4n) is 2.57. The molecule has 0 aliphatic rings. The van der Waals surface area contributed by atoms with Gasteiger partial charge in [0.25, 0.3) is 0 Å². The molecule has 24 heavy (non-hydrogen) atoms. The minimum Gasteiger partial charge on any atom is -0.482 e. The summed E-state index contributed by atoms with van der Waals surface area (Å²) in [6, 6.07) is 31.0. The van der Waals surface area contributed by atoms with Gasteiger partial charge in [0.05, 0.1) is 0 Å². The van der Waals surface area contributed by atoms with Gasteiger partial charge in [0.15, 0.2) is 0 Å². The molecule has 0 bridgehead atoms. The lowest BCUT2D eigenvalue weighted by atomic mass is 10.2. The van der Waals surface area contributed by atoms with Gasteiger partial charge >= 0.3 is 0 Å². The SMILES string of the molecule is N=C([N-]CCP(c1ccccc1)c1ccccc1)c1ccccc1. The van der Waals surface area contributed by atoms with Crippen molar-refractivity contribution in [3.63, 3.8) is 0 Å². The molecule has 3 aromatic rings. The lowest BCUT2D eigenvalue weighted by Crippen LogP contribution is -2.16. The van der Waals surface area contributed by atoms with E-state index in [1.165, 1.54) is 10.6 Å². The molecule has 0 radical (unpaired) electrons. The summed E-state index contributed by atoms with van der Waals surface area (Å²) in [5.41, 5.74) is 0.876. The van der Waals surface area contributed by atoms with Gasteiger partial charge in [0, 0.05) is 0 Å². The molecule has 0 spiro atoms. The Balaban J connectivity index is 1.68. The Hall–Kier alpha value is -2.44. The van der Waals surface area contributed by atoms with Crippen molar-refractivity contribution < 1.29 is 0 Å². The molecule has 1 N–H and O–H groups in total. The Kier molecular flexibility index (Phi) is 5.76. The summed E-state index contributed by atoms with van der Waals surface area (Å²) in [5, 5.41) is 15.3. The third-order valence-electron chi connectivity index (χ3n) is 3.78. The smallest absolute Gasteiger partial charge is 0.0195 e. The van der Waals surface area contributed by atoms with E-state index in [9.17, 15) is 0 Å². The van der Waals surface area contributed by atoms with Crippen LogP contribution >= 0.6 is 7.92 Å². The number of benzene rings is 3. The van der Waals surface area contributed by atoms with Crippen molar-refractivity contribution in [3.05, 3.63) is 102 Å². The highest BCUT2D eigenvalue weighted by Gasteiger charge is 2.11. The van der Waals surface area contributed by atoms with Crippen LogP contribution in [0.15, 0.2) is 91.0 Å². The minimum absolute atomic E-state index is 0.367. The van der Waals surface area contributed by atoms with Crippen LogP contribution in [0.1, 0.15) is 5.56 Å². The minimum atomic E-state index is -0.441. The highest BCUT2D eigenvalue weighted by atomic mass is 31.1. The summed E-state index contributed by atoms with van der Waals surface area (Å²) in [6.07, 6.45) is 0.957. The van der Waals surface area contributed by atoms with Crippen molar-refractivity contribution in [1.29, 1.82) is 5.41 Å². The number of nitrogens with zero attached hydrogens (tertiary/aromatic N) is 1. The normalized spacial score (nSPS) is 10.5. The molecule has 0 atom stereocenters. The third kappa shape index (κ3) is 4.31. The average Bonchev–Trinajstić information content (AvgIpc) is 2.67. The number of nitrogens with one attached hydrogen (secondary N) is 1. The first kappa shape index (κ1) is 16.4. The molecule has 0 saturated carbocycles. The quantitative estimate of drug-likeness (QED) is 0.392. The van der Waals surface area contributed by atoms with Crippen LogP contribution < -0.4 is 10.6 Å². The van der Waals surface area contributed by atoms with Gasteiger partial charge in [0.2, 0.25) is 0 Å². The third-order valence-corrected chi connectivity index (χ3v) is 6.27. The summed E-state index contributed by atoms with van der Waals surface area (Å²) < 4.78 is 0. The van der Waals surface area contributed by atoms with Crippen LogP contribution in [0, 0.1) is 5.41 Å². The van der Waals surface area contributed by atoms with Crippen LogP contribution in [0.25, 0.3) is 5.32 Å². The zero-order chi connectivity index (χ0) is 16.6. The maximum atomic E-state index is 8.12. The lowest BCUT2D eigenvalue weighted by Gasteiger charge is -2.22. The van der Waals surface area contributed by atoms with Crippen molar-refractivity contribution in [2.45, 2.75) is 0 Å². The van der Waals surface area contributed by atoms with Gasteiger partial charge in [-0.15, -0.1) is 0 Å². The van der Waals surface area contributed by atoms with Crippen molar-refractivity contribution in [2.24, 2.45) is 0 Å². The Bertz CT molecular complexity index is 718. The molecule has 0 amide bonds. The first-order chi connectivity index (χ1) is 11.8. The molecule has 3 rings (SSSR count). The molecular formula is C21H20N2P-. The van der Waals surface area contributed by atoms with E-state index in [2.05, 4.69) is 66.0 Å². The van der Waals surface area contributed by atoms with Crippen LogP contribution in [0.3, 0.4) is 0 Å². The molecule has 3 heteroatoms. The molecule has 0 unspecified atom stereocenters. The summed E-state index contributed by atoms with van der Waals surface area (Å²) in [5.74, 6) is 0.367. The second kappa shape index (κ2) is 8.42. The van der Waals surface area contributed by atoms with E-state index >= 15 is 0 Å². The number of amidine groups is 1. The van der Waals surface area contributed by atoms with Crippen LogP contribution in [0.4, 0.5) is 0 Å². The molecule has 3 aromatic carbocycles. The molecule has 0 heterocycles. The van der Waals surface area contributed by atoms with Crippen molar-refractivity contribution in [2.75, 3.05) is 12.7 Å². The second-order valence-corrected chi connectivity index (χ2v) is 7.76. The Morgan fingerprint density at radius 3 is 1.67 bits per heavy atom. The van der Waals surface area contributed by atoms with Gasteiger partial charge < -0.3 is 10.7 Å². The standard InChI is InChI=1S/C21H20N2P/c22-21(18-10-4-1-5-11-18)23-16-17-24(19-12-6-2-7-13-19)20-14-8-3-9-15-20/h1-15H,16-17H2,(H-,22,23)/q-1. The van der Waals surface area contributed by atoms with E-state index < -0.39 is 7.92 Å². The number of rotatable bonds is 6. The fraction of sp³-hybridized carbons (Fsp3) is 0.0952. The van der Waals surface area contributed by atoms with E-state index in [-0.39, 0.29) is 0 Å².